The molecule has 1 amide bonds. The highest BCUT2D eigenvalue weighted by Gasteiger charge is 2.15. The van der Waals surface area contributed by atoms with Gasteiger partial charge in [0.25, 0.3) is 5.91 Å². The van der Waals surface area contributed by atoms with Gasteiger partial charge in [0.05, 0.1) is 9.60 Å². The van der Waals surface area contributed by atoms with Gasteiger partial charge in [0.2, 0.25) is 0 Å². The summed E-state index contributed by atoms with van der Waals surface area (Å²) < 4.78 is 50.1. The minimum Gasteiger partial charge on any atom is -0.298 e. The van der Waals surface area contributed by atoms with Crippen LogP contribution in [0.2, 0.25) is 0 Å². The van der Waals surface area contributed by atoms with Crippen LogP contribution in [0.25, 0.3) is 10.2 Å². The molecule has 3 rings (SSSR count). The lowest BCUT2D eigenvalue weighted by molar-refractivity contribution is 0.102. The maximum Gasteiger partial charge on any atom is 0.257 e. The van der Waals surface area contributed by atoms with Crippen LogP contribution in [0.4, 0.5) is 13.9 Å². The van der Waals surface area contributed by atoms with Gasteiger partial charge in [-0.15, -0.1) is 0 Å². The second-order valence-corrected chi connectivity index (χ2v) is 8.05. The molecular weight excluding hydrogens is 358 g/mol. The lowest BCUT2D eigenvalue weighted by atomic mass is 10.2. The smallest absolute Gasteiger partial charge is 0.257 e. The Balaban J connectivity index is 1.92. The maximum absolute atomic E-state index is 13.6. The molecule has 0 aliphatic carbocycles. The Labute approximate surface area is 139 Å². The Bertz CT molecular complexity index is 1060. The number of nitrogens with one attached hydrogen (secondary N) is 1. The Hall–Kier alpha value is -2.39. The molecule has 1 N–H and O–H groups in total. The minimum atomic E-state index is -3.45. The molecule has 1 aromatic heterocycles. The summed E-state index contributed by atoms with van der Waals surface area (Å²) in [4.78, 5) is 16.1. The highest BCUT2D eigenvalue weighted by Crippen LogP contribution is 2.29. The van der Waals surface area contributed by atoms with E-state index in [9.17, 15) is 22.0 Å². The first-order valence-electron chi connectivity index (χ1n) is 6.61. The number of aromatic nitrogens is 1. The summed E-state index contributed by atoms with van der Waals surface area (Å²) in [5.41, 5.74) is 0.0745. The van der Waals surface area contributed by atoms with Crippen molar-refractivity contribution in [1.82, 2.24) is 4.98 Å². The van der Waals surface area contributed by atoms with Crippen LogP contribution < -0.4 is 5.32 Å². The van der Waals surface area contributed by atoms with Gasteiger partial charge in [0.15, 0.2) is 20.8 Å². The zero-order valence-electron chi connectivity index (χ0n) is 12.2. The molecule has 2 aromatic carbocycles. The first-order valence-corrected chi connectivity index (χ1v) is 9.32. The summed E-state index contributed by atoms with van der Waals surface area (Å²) in [6.07, 6.45) is 1.04. The van der Waals surface area contributed by atoms with E-state index in [1.165, 1.54) is 24.3 Å². The normalized spacial score (nSPS) is 11.6. The van der Waals surface area contributed by atoms with E-state index in [1.54, 1.807) is 0 Å². The Morgan fingerprint density at radius 1 is 1.21 bits per heavy atom. The number of nitrogens with zero attached hydrogens (tertiary/aromatic N) is 1. The van der Waals surface area contributed by atoms with Crippen molar-refractivity contribution in [3.05, 3.63) is 53.6 Å². The summed E-state index contributed by atoms with van der Waals surface area (Å²) in [6, 6.07) is 7.33. The van der Waals surface area contributed by atoms with E-state index in [2.05, 4.69) is 10.3 Å². The molecule has 124 valence electrons. The van der Waals surface area contributed by atoms with Crippen LogP contribution in [0.15, 0.2) is 41.3 Å². The second-order valence-electron chi connectivity index (χ2n) is 5.01. The third kappa shape index (κ3) is 3.26. The zero-order valence-corrected chi connectivity index (χ0v) is 13.8. The van der Waals surface area contributed by atoms with Crippen LogP contribution in [-0.2, 0) is 9.84 Å². The number of rotatable bonds is 3. The van der Waals surface area contributed by atoms with E-state index in [-0.39, 0.29) is 25.8 Å². The first-order chi connectivity index (χ1) is 11.2. The van der Waals surface area contributed by atoms with Gasteiger partial charge in [-0.2, -0.15) is 0 Å². The van der Waals surface area contributed by atoms with E-state index in [1.807, 2.05) is 0 Å². The molecule has 0 radical (unpaired) electrons. The van der Waals surface area contributed by atoms with Gasteiger partial charge in [0, 0.05) is 17.9 Å². The summed E-state index contributed by atoms with van der Waals surface area (Å²) in [7, 11) is -3.45. The molecule has 0 saturated heterocycles. The van der Waals surface area contributed by atoms with Crippen molar-refractivity contribution in [2.24, 2.45) is 0 Å². The Morgan fingerprint density at radius 3 is 2.67 bits per heavy atom. The summed E-state index contributed by atoms with van der Waals surface area (Å²) >= 11 is 0.917. The average molecular weight is 368 g/mol. The van der Waals surface area contributed by atoms with Crippen molar-refractivity contribution in [3.8, 4) is 0 Å². The predicted molar refractivity (Wildman–Crippen MR) is 87.0 cm³/mol. The monoisotopic (exact) mass is 368 g/mol. The van der Waals surface area contributed by atoms with Gasteiger partial charge in [-0.25, -0.2) is 22.2 Å². The number of hydrogen-bond donors (Lipinski definition) is 1. The van der Waals surface area contributed by atoms with Crippen LogP contribution >= 0.6 is 11.3 Å². The zero-order chi connectivity index (χ0) is 17.5. The Kier molecular flexibility index (Phi) is 4.06. The van der Waals surface area contributed by atoms with Gasteiger partial charge in [-0.3, -0.25) is 10.1 Å². The molecule has 9 heteroatoms. The topological polar surface area (TPSA) is 76.1 Å². The number of anilines is 1. The first kappa shape index (κ1) is 16.5. The molecular formula is C15H10F2N2O3S2. The van der Waals surface area contributed by atoms with Crippen molar-refractivity contribution in [3.63, 3.8) is 0 Å². The number of benzene rings is 2. The molecule has 24 heavy (non-hydrogen) atoms. The van der Waals surface area contributed by atoms with E-state index in [4.69, 9.17) is 0 Å². The van der Waals surface area contributed by atoms with Gasteiger partial charge < -0.3 is 0 Å². The van der Waals surface area contributed by atoms with Crippen molar-refractivity contribution < 1.29 is 22.0 Å². The van der Waals surface area contributed by atoms with Crippen molar-refractivity contribution in [2.75, 3.05) is 11.6 Å². The number of hydrogen-bond acceptors (Lipinski definition) is 5. The van der Waals surface area contributed by atoms with Crippen LogP contribution in [0.1, 0.15) is 10.4 Å². The summed E-state index contributed by atoms with van der Waals surface area (Å²) in [5.74, 6) is -2.15. The van der Waals surface area contributed by atoms with Gasteiger partial charge in [-0.1, -0.05) is 17.4 Å². The molecule has 0 spiro atoms. The van der Waals surface area contributed by atoms with E-state index >= 15 is 0 Å². The lowest BCUT2D eigenvalue weighted by Crippen LogP contribution is -2.12. The van der Waals surface area contributed by atoms with Crippen molar-refractivity contribution >= 4 is 42.4 Å². The summed E-state index contributed by atoms with van der Waals surface area (Å²) in [5, 5.41) is 2.54. The molecule has 0 saturated carbocycles. The van der Waals surface area contributed by atoms with Crippen molar-refractivity contribution in [1.29, 1.82) is 0 Å². The number of thiazole rings is 1. The third-order valence-corrected chi connectivity index (χ3v) is 5.19. The molecule has 1 heterocycles. The van der Waals surface area contributed by atoms with Gasteiger partial charge >= 0.3 is 0 Å². The van der Waals surface area contributed by atoms with E-state index in [0.717, 1.165) is 23.7 Å². The second kappa shape index (κ2) is 5.91. The quantitative estimate of drug-likeness (QED) is 0.770. The van der Waals surface area contributed by atoms with E-state index < -0.39 is 27.4 Å². The molecule has 0 atom stereocenters. The summed E-state index contributed by atoms with van der Waals surface area (Å²) in [6.45, 7) is 0. The molecule has 0 aliphatic heterocycles. The number of fused-ring (bicyclic) bond motifs is 1. The molecule has 5 nitrogen and oxygen atoms in total. The molecule has 3 aromatic rings. The molecule has 0 bridgehead atoms. The number of sulfone groups is 1. The minimum absolute atomic E-state index is 0.00701. The standard InChI is InChI=1S/C15H10F2N2O3S2/c1-24(21,22)10-4-2-3-8(5-10)14(20)19-15-18-13-11(17)6-9(16)7-12(13)23-15/h2-7H,1H3,(H,18,19,20). The highest BCUT2D eigenvalue weighted by atomic mass is 32.2. The van der Waals surface area contributed by atoms with Crippen LogP contribution in [0, 0.1) is 11.6 Å². The number of carbonyl (C=O) groups is 1. The SMILES string of the molecule is CS(=O)(=O)c1cccc(C(=O)Nc2nc3c(F)cc(F)cc3s2)c1. The molecule has 0 aliphatic rings. The third-order valence-electron chi connectivity index (χ3n) is 3.16. The van der Waals surface area contributed by atoms with Crippen LogP contribution in [0.5, 0.6) is 0 Å². The van der Waals surface area contributed by atoms with E-state index in [0.29, 0.717) is 6.07 Å². The van der Waals surface area contributed by atoms with Gasteiger partial charge in [-0.05, 0) is 24.3 Å². The Morgan fingerprint density at radius 2 is 1.96 bits per heavy atom. The number of amides is 1. The van der Waals surface area contributed by atoms with Crippen LogP contribution in [0.3, 0.4) is 0 Å². The molecule has 0 fully saturated rings. The van der Waals surface area contributed by atoms with Crippen LogP contribution in [-0.4, -0.2) is 25.6 Å². The average Bonchev–Trinajstić information content (AvgIpc) is 2.89. The largest absolute Gasteiger partial charge is 0.298 e. The number of carbonyl (C=O) groups excluding carboxylic acids is 1. The fourth-order valence-corrected chi connectivity index (χ4v) is 3.62. The highest BCUT2D eigenvalue weighted by molar-refractivity contribution is 7.90. The fourth-order valence-electron chi connectivity index (χ4n) is 2.05. The van der Waals surface area contributed by atoms with Crippen molar-refractivity contribution in [2.45, 2.75) is 4.90 Å². The fraction of sp³-hybridized carbons (Fsp3) is 0.0667. The van der Waals surface area contributed by atoms with Gasteiger partial charge in [0.1, 0.15) is 11.3 Å². The molecule has 0 unspecified atom stereocenters. The predicted octanol–water partition coefficient (Wildman–Crippen LogP) is 3.23. The lowest BCUT2D eigenvalue weighted by Gasteiger charge is -2.03. The maximum atomic E-state index is 13.6. The number of halogens is 2.